The lowest BCUT2D eigenvalue weighted by Crippen LogP contribution is -2.61. The molecule has 0 bridgehead atoms. The van der Waals surface area contributed by atoms with Gasteiger partial charge in [0.25, 0.3) is 0 Å². The van der Waals surface area contributed by atoms with Gasteiger partial charge in [0.05, 0.1) is 19.8 Å². The average Bonchev–Trinajstić information content (AvgIpc) is 3.36. The summed E-state index contributed by atoms with van der Waals surface area (Å²) in [6.07, 6.45) is 32.5. The lowest BCUT2D eigenvalue weighted by atomic mass is 9.98. The van der Waals surface area contributed by atoms with Gasteiger partial charge in [0, 0.05) is 12.8 Å². The van der Waals surface area contributed by atoms with Gasteiger partial charge in [-0.15, -0.1) is 0 Å². The summed E-state index contributed by atoms with van der Waals surface area (Å²) < 4.78 is 33.6. The van der Waals surface area contributed by atoms with Crippen LogP contribution in [0.5, 0.6) is 0 Å². The summed E-state index contributed by atoms with van der Waals surface area (Å²) in [5, 5.41) is 72.2. The SMILES string of the molecule is CC/C=C/C/C=C/C/C=C/C/C=C/C/C=C/CCCC(=O)OC[C@H](CO[C@H]1O[C@@H](CO[C@H]2O[C@@H](CO)[C@@H](O)C(O)C2O)[C@@H](O)C(O)C1O)OC(=O)CCCCCCCCCCCCCCCCCCCC. The normalized spacial score (nSPS) is 25.6. The molecule has 410 valence electrons. The van der Waals surface area contributed by atoms with Gasteiger partial charge in [-0.2, -0.15) is 0 Å². The summed E-state index contributed by atoms with van der Waals surface area (Å²) in [6, 6.07) is 0. The first-order valence-corrected chi connectivity index (χ1v) is 27.4. The maximum absolute atomic E-state index is 13.0. The van der Waals surface area contributed by atoms with Crippen LogP contribution in [-0.2, 0) is 38.0 Å². The van der Waals surface area contributed by atoms with Crippen LogP contribution in [-0.4, -0.2) is 142 Å². The van der Waals surface area contributed by atoms with Crippen LogP contribution in [0.1, 0.15) is 187 Å². The van der Waals surface area contributed by atoms with Gasteiger partial charge in [0.2, 0.25) is 0 Å². The Morgan fingerprint density at radius 1 is 0.465 bits per heavy atom. The molecule has 15 nitrogen and oxygen atoms in total. The van der Waals surface area contributed by atoms with Crippen molar-refractivity contribution in [3.05, 3.63) is 60.8 Å². The standard InChI is InChI=1S/C56H96O15/c1-3-5-7-9-11-13-15-17-19-21-23-25-27-29-31-33-35-37-39-48(59)69-44(41-66-47(58)38-36-34-32-30-28-26-24-22-20-18-16-14-12-10-8-6-4-2)42-67-55-54(65)52(63)50(61)46(71-55)43-68-56-53(64)51(62)49(60)45(40-57)70-56/h6,8,12,14,18,20,24,26,30,32,44-46,49-57,60-65H,3-5,7,9-11,13,15-17,19,21-23,25,27-29,31,33-43H2,1-2H3/b8-6+,14-12+,20-18+,26-24+,32-30+/t44-,45+,46+,49-,50-,51?,52?,53?,54?,55+,56+/m1/s1. The fraction of sp³-hybridized carbons (Fsp3) is 0.786. The minimum atomic E-state index is -1.77. The van der Waals surface area contributed by atoms with Gasteiger partial charge in [0.1, 0.15) is 55.4 Å². The van der Waals surface area contributed by atoms with Crippen molar-refractivity contribution >= 4 is 11.9 Å². The first kappa shape index (κ1) is 64.3. The average molecular weight is 1010 g/mol. The number of carbonyl (C=O) groups excluding carboxylic acids is 2. The van der Waals surface area contributed by atoms with Crippen molar-refractivity contribution in [3.8, 4) is 0 Å². The molecule has 2 saturated heterocycles. The second kappa shape index (κ2) is 42.5. The number of carbonyl (C=O) groups is 2. The second-order valence-corrected chi connectivity index (χ2v) is 19.0. The van der Waals surface area contributed by atoms with Gasteiger partial charge in [-0.1, -0.05) is 184 Å². The molecular weight excluding hydrogens is 913 g/mol. The third-order valence-electron chi connectivity index (χ3n) is 12.8. The number of hydrogen-bond acceptors (Lipinski definition) is 15. The summed E-state index contributed by atoms with van der Waals surface area (Å²) in [6.45, 7) is 2.43. The van der Waals surface area contributed by atoms with E-state index in [2.05, 4.69) is 68.5 Å². The van der Waals surface area contributed by atoms with Gasteiger partial charge >= 0.3 is 11.9 Å². The van der Waals surface area contributed by atoms with Crippen molar-refractivity contribution in [2.24, 2.45) is 0 Å². The van der Waals surface area contributed by atoms with Crippen LogP contribution in [0.2, 0.25) is 0 Å². The number of aliphatic hydroxyl groups is 7. The van der Waals surface area contributed by atoms with E-state index in [-0.39, 0.29) is 19.4 Å². The van der Waals surface area contributed by atoms with Crippen LogP contribution < -0.4 is 0 Å². The molecule has 0 saturated carbocycles. The van der Waals surface area contributed by atoms with Crippen molar-refractivity contribution < 1.29 is 73.8 Å². The van der Waals surface area contributed by atoms with Crippen LogP contribution in [0.25, 0.3) is 0 Å². The molecule has 15 heteroatoms. The number of aliphatic hydroxyl groups excluding tert-OH is 7. The summed E-state index contributed by atoms with van der Waals surface area (Å²) in [5.74, 6) is -0.990. The number of esters is 2. The van der Waals surface area contributed by atoms with Crippen LogP contribution in [0.4, 0.5) is 0 Å². The van der Waals surface area contributed by atoms with E-state index in [1.54, 1.807) is 0 Å². The number of unbranched alkanes of at least 4 members (excludes halogenated alkanes) is 18. The molecule has 0 aliphatic carbocycles. The molecule has 0 radical (unpaired) electrons. The van der Waals surface area contributed by atoms with Crippen LogP contribution in [0, 0.1) is 0 Å². The Labute approximate surface area is 426 Å². The van der Waals surface area contributed by atoms with Crippen LogP contribution in [0.3, 0.4) is 0 Å². The molecule has 2 heterocycles. The molecule has 0 aromatic rings. The number of allylic oxidation sites excluding steroid dienone is 10. The highest BCUT2D eigenvalue weighted by atomic mass is 16.7. The lowest BCUT2D eigenvalue weighted by molar-refractivity contribution is -0.332. The minimum absolute atomic E-state index is 0.139. The maximum Gasteiger partial charge on any atom is 0.306 e. The van der Waals surface area contributed by atoms with Gasteiger partial charge < -0.3 is 64.2 Å². The topological polar surface area (TPSA) is 231 Å². The Hall–Kier alpha value is -2.80. The molecule has 0 spiro atoms. The highest BCUT2D eigenvalue weighted by molar-refractivity contribution is 5.70. The Morgan fingerprint density at radius 3 is 1.38 bits per heavy atom. The molecule has 2 aliphatic heterocycles. The van der Waals surface area contributed by atoms with E-state index in [0.717, 1.165) is 51.4 Å². The van der Waals surface area contributed by atoms with E-state index in [9.17, 15) is 45.3 Å². The third kappa shape index (κ3) is 30.2. The smallest absolute Gasteiger partial charge is 0.306 e. The van der Waals surface area contributed by atoms with E-state index in [4.69, 9.17) is 28.4 Å². The Balaban J connectivity index is 1.80. The van der Waals surface area contributed by atoms with Crippen molar-refractivity contribution in [1.82, 2.24) is 0 Å². The zero-order valence-electron chi connectivity index (χ0n) is 43.4. The highest BCUT2D eigenvalue weighted by Gasteiger charge is 2.47. The summed E-state index contributed by atoms with van der Waals surface area (Å²) in [4.78, 5) is 25.8. The Bertz CT molecular complexity index is 1470. The van der Waals surface area contributed by atoms with E-state index in [1.807, 2.05) is 6.08 Å². The van der Waals surface area contributed by atoms with Gasteiger partial charge in [0.15, 0.2) is 18.7 Å². The predicted molar refractivity (Wildman–Crippen MR) is 275 cm³/mol. The molecule has 0 aromatic carbocycles. The molecule has 11 atom stereocenters. The van der Waals surface area contributed by atoms with Crippen molar-refractivity contribution in [3.63, 3.8) is 0 Å². The van der Waals surface area contributed by atoms with E-state index < -0.39 is 99.3 Å². The van der Waals surface area contributed by atoms with Gasteiger partial charge in [-0.25, -0.2) is 0 Å². The zero-order chi connectivity index (χ0) is 51.7. The second-order valence-electron chi connectivity index (χ2n) is 19.0. The molecule has 2 fully saturated rings. The van der Waals surface area contributed by atoms with Gasteiger partial charge in [-0.3, -0.25) is 9.59 Å². The largest absolute Gasteiger partial charge is 0.462 e. The number of hydrogen-bond donors (Lipinski definition) is 7. The molecular formula is C56H96O15. The molecule has 71 heavy (non-hydrogen) atoms. The van der Waals surface area contributed by atoms with E-state index >= 15 is 0 Å². The quantitative estimate of drug-likeness (QED) is 0.0173. The van der Waals surface area contributed by atoms with Crippen LogP contribution >= 0.6 is 0 Å². The fourth-order valence-corrected chi connectivity index (χ4v) is 8.31. The fourth-order valence-electron chi connectivity index (χ4n) is 8.31. The summed E-state index contributed by atoms with van der Waals surface area (Å²) in [7, 11) is 0. The summed E-state index contributed by atoms with van der Waals surface area (Å²) in [5.41, 5.74) is 0. The number of ether oxygens (including phenoxy) is 6. The minimum Gasteiger partial charge on any atom is -0.462 e. The molecule has 0 amide bonds. The van der Waals surface area contributed by atoms with Crippen molar-refractivity contribution in [2.75, 3.05) is 26.4 Å². The first-order valence-electron chi connectivity index (χ1n) is 27.4. The Kier molecular flexibility index (Phi) is 38.5. The zero-order valence-corrected chi connectivity index (χ0v) is 43.4. The molecule has 2 rings (SSSR count). The molecule has 0 aromatic heterocycles. The number of rotatable bonds is 42. The molecule has 2 aliphatic rings. The molecule has 7 N–H and O–H groups in total. The highest BCUT2D eigenvalue weighted by Crippen LogP contribution is 2.26. The Morgan fingerprint density at radius 2 is 0.887 bits per heavy atom. The summed E-state index contributed by atoms with van der Waals surface area (Å²) >= 11 is 0. The van der Waals surface area contributed by atoms with Crippen molar-refractivity contribution in [2.45, 2.75) is 255 Å². The van der Waals surface area contributed by atoms with Crippen LogP contribution in [0.15, 0.2) is 60.8 Å². The first-order chi connectivity index (χ1) is 34.5. The van der Waals surface area contributed by atoms with Gasteiger partial charge in [-0.05, 0) is 51.4 Å². The maximum atomic E-state index is 13.0. The lowest BCUT2D eigenvalue weighted by Gasteiger charge is -2.42. The monoisotopic (exact) mass is 1010 g/mol. The van der Waals surface area contributed by atoms with E-state index in [0.29, 0.717) is 19.3 Å². The van der Waals surface area contributed by atoms with E-state index in [1.165, 1.54) is 89.9 Å². The third-order valence-corrected chi connectivity index (χ3v) is 12.8. The molecule has 4 unspecified atom stereocenters. The van der Waals surface area contributed by atoms with Crippen molar-refractivity contribution in [1.29, 1.82) is 0 Å². The predicted octanol–water partition coefficient (Wildman–Crippen LogP) is 8.44.